The highest BCUT2D eigenvalue weighted by atomic mass is 32.2. The number of anilines is 5. The van der Waals surface area contributed by atoms with Crippen LogP contribution in [0.4, 0.5) is 34.1 Å². The van der Waals surface area contributed by atoms with E-state index in [1.807, 2.05) is 109 Å². The van der Waals surface area contributed by atoms with Gasteiger partial charge in [0, 0.05) is 77.2 Å². The number of unbranched alkanes of at least 4 members (excludes halogenated alkanes) is 2. The van der Waals surface area contributed by atoms with Crippen LogP contribution in [0, 0.1) is 64.2 Å². The summed E-state index contributed by atoms with van der Waals surface area (Å²) in [5.41, 5.74) is 6.73. The van der Waals surface area contributed by atoms with E-state index in [0.29, 0.717) is 58.0 Å². The highest BCUT2D eigenvalue weighted by Gasteiger charge is 2.31. The number of amides is 2. The molecule has 4 aromatic rings. The molecule has 2 aliphatic rings. The van der Waals surface area contributed by atoms with Gasteiger partial charge in [-0.05, 0) is 129 Å². The van der Waals surface area contributed by atoms with Gasteiger partial charge in [0.1, 0.15) is 21.1 Å². The van der Waals surface area contributed by atoms with Crippen molar-refractivity contribution in [2.24, 2.45) is 27.7 Å². The third-order valence-corrected chi connectivity index (χ3v) is 18.6. The molecule has 2 atom stereocenters. The molecule has 19 heteroatoms. The third-order valence-electron chi connectivity index (χ3n) is 15.5. The number of hydrogen-bond acceptors (Lipinski definition) is 11. The molecule has 0 saturated heterocycles. The molecule has 6 rings (SSSR count). The van der Waals surface area contributed by atoms with Crippen LogP contribution in [0.1, 0.15) is 167 Å². The standard InChI is InChI=1S/C65H90N6O10S3/c1-17-21-25-45(19-3)37-66-83(76,77)56-32-49-54(34-51(56)68-61-40(6)30-42(8)63(44(61)10)70-58(73)36-65(14,15)16)81-53-33-50(67-60-39(5)29-41(7)62(43(60)9)69-57(72)35-64(11,12)13)52(71(82(74)75)38-46(20-4)26-22-18-2)31-48(53)59(49)47-27-23-24-28-55(47)84(78,79)80/h23-24,27-34,45-46,66-67,82H,17-22,25-26,35-38H2,1-16H3,(H,69,72)(H,70,73)(H,78,79,80)/b68-51+. The number of thiol groups is 1. The molecule has 4 aromatic carbocycles. The third kappa shape index (κ3) is 16.4. The van der Waals surface area contributed by atoms with Gasteiger partial charge in [0.15, 0.2) is 0 Å². The van der Waals surface area contributed by atoms with Gasteiger partial charge in [-0.15, -0.1) is 0 Å². The van der Waals surface area contributed by atoms with Gasteiger partial charge in [-0.25, -0.2) is 26.6 Å². The molecule has 1 aliphatic carbocycles. The average Bonchev–Trinajstić information content (AvgIpc) is 0.852. The molecular formula is C65H90N6O10S3. The van der Waals surface area contributed by atoms with E-state index in [1.165, 1.54) is 34.6 Å². The summed E-state index contributed by atoms with van der Waals surface area (Å²) in [5.74, 6) is -0.355. The Morgan fingerprint density at radius 1 is 0.679 bits per heavy atom. The van der Waals surface area contributed by atoms with Crippen molar-refractivity contribution < 1.29 is 43.8 Å². The maximum absolute atomic E-state index is 15.3. The van der Waals surface area contributed by atoms with E-state index in [0.717, 1.165) is 55.2 Å². The van der Waals surface area contributed by atoms with Crippen molar-refractivity contribution in [3.05, 3.63) is 99.4 Å². The largest absolute Gasteiger partial charge is 0.456 e. The van der Waals surface area contributed by atoms with Gasteiger partial charge in [-0.1, -0.05) is 138 Å². The fraction of sp³-hybridized carbons (Fsp3) is 0.492. The molecule has 5 N–H and O–H groups in total. The maximum atomic E-state index is 15.3. The van der Waals surface area contributed by atoms with Crippen LogP contribution in [0.2, 0.25) is 0 Å². The monoisotopic (exact) mass is 1210 g/mol. The van der Waals surface area contributed by atoms with Gasteiger partial charge >= 0.3 is 0 Å². The summed E-state index contributed by atoms with van der Waals surface area (Å²) in [6.07, 6.45) is 7.01. The summed E-state index contributed by atoms with van der Waals surface area (Å²) >= 11 is 0. The highest BCUT2D eigenvalue weighted by molar-refractivity contribution is 7.89. The topological polar surface area (TPSA) is 234 Å². The lowest BCUT2D eigenvalue weighted by Gasteiger charge is -2.28. The Morgan fingerprint density at radius 2 is 1.23 bits per heavy atom. The zero-order valence-corrected chi connectivity index (χ0v) is 54.7. The van der Waals surface area contributed by atoms with Gasteiger partial charge in [0.2, 0.25) is 32.7 Å². The molecule has 0 saturated carbocycles. The van der Waals surface area contributed by atoms with Gasteiger partial charge in [0.25, 0.3) is 10.1 Å². The summed E-state index contributed by atoms with van der Waals surface area (Å²) in [7, 11) is -12.8. The highest BCUT2D eigenvalue weighted by Crippen LogP contribution is 2.47. The van der Waals surface area contributed by atoms with Crippen molar-refractivity contribution in [2.45, 2.75) is 185 Å². The first-order valence-corrected chi connectivity index (χ1v) is 33.5. The Hall–Kier alpha value is -6.12. The van der Waals surface area contributed by atoms with Crippen molar-refractivity contribution >= 4 is 87.9 Å². The SMILES string of the molecule is CCCCC(CC)CNS(=O)(=O)c1cc2c(-c3ccccc3S(=O)(=O)O)c3cc(N(CC(CC)CCCC)[SH](=O)=O)c(Nc4c(C)cc(C)c(NC(=O)CC(C)(C)C)c4C)cc3oc-2c/c1=N\c1c(C)cc(C)c(NC(=O)CC(C)(C)C)c1C. The second-order valence-corrected chi connectivity index (χ2v) is 29.3. The van der Waals surface area contributed by atoms with E-state index in [1.54, 1.807) is 18.2 Å². The van der Waals surface area contributed by atoms with Crippen molar-refractivity contribution in [3.63, 3.8) is 0 Å². The van der Waals surface area contributed by atoms with Gasteiger partial charge in [0.05, 0.1) is 22.4 Å². The van der Waals surface area contributed by atoms with Crippen LogP contribution in [0.15, 0.2) is 79.9 Å². The smallest absolute Gasteiger partial charge is 0.295 e. The number of nitrogens with zero attached hydrogens (tertiary/aromatic N) is 2. The minimum Gasteiger partial charge on any atom is -0.456 e. The van der Waals surface area contributed by atoms with E-state index < -0.39 is 35.9 Å². The molecule has 2 unspecified atom stereocenters. The maximum Gasteiger partial charge on any atom is 0.295 e. The fourth-order valence-corrected chi connectivity index (χ4v) is 13.8. The minimum absolute atomic E-state index is 0.00910. The summed E-state index contributed by atoms with van der Waals surface area (Å²) in [6, 6.07) is 15.8. The number of fused-ring (bicyclic) bond motifs is 2. The van der Waals surface area contributed by atoms with Crippen molar-refractivity contribution in [2.75, 3.05) is 33.3 Å². The van der Waals surface area contributed by atoms with Gasteiger partial charge < -0.3 is 20.4 Å². The summed E-state index contributed by atoms with van der Waals surface area (Å²) < 4.78 is 108. The molecule has 84 heavy (non-hydrogen) atoms. The van der Waals surface area contributed by atoms with Gasteiger partial charge in [-0.2, -0.15) is 8.42 Å². The first kappa shape index (κ1) is 67.0. The normalized spacial score (nSPS) is 13.4. The number of hydrogen-bond donors (Lipinski definition) is 6. The molecule has 0 fully saturated rings. The quantitative estimate of drug-likeness (QED) is 0.0179. The number of rotatable bonds is 25. The van der Waals surface area contributed by atoms with E-state index in [2.05, 4.69) is 34.5 Å². The van der Waals surface area contributed by atoms with Crippen LogP contribution in [-0.4, -0.2) is 54.7 Å². The lowest BCUT2D eigenvalue weighted by atomic mass is 9.91. The molecule has 458 valence electrons. The molecular weight excluding hydrogens is 1120 g/mol. The molecule has 0 bridgehead atoms. The van der Waals surface area contributed by atoms with Crippen molar-refractivity contribution in [3.8, 4) is 22.5 Å². The molecule has 1 aliphatic heterocycles. The summed E-state index contributed by atoms with van der Waals surface area (Å²) in [6.45, 7) is 31.5. The predicted octanol–water partition coefficient (Wildman–Crippen LogP) is 15.1. The number of sulfonamides is 1. The lowest BCUT2D eigenvalue weighted by molar-refractivity contribution is -0.118. The number of benzene rings is 5. The molecule has 0 radical (unpaired) electrons. The zero-order valence-electron chi connectivity index (χ0n) is 52.2. The van der Waals surface area contributed by atoms with Crippen LogP contribution >= 0.6 is 0 Å². The van der Waals surface area contributed by atoms with Gasteiger partial charge in [-0.3, -0.25) is 18.4 Å². The number of aryl methyl sites for hydroxylation is 4. The first-order valence-electron chi connectivity index (χ1n) is 29.4. The Bertz CT molecular complexity index is 3770. The Morgan fingerprint density at radius 3 is 1.77 bits per heavy atom. The van der Waals surface area contributed by atoms with Crippen LogP contribution < -0.4 is 30.3 Å². The van der Waals surface area contributed by atoms with E-state index in [9.17, 15) is 31.0 Å². The summed E-state index contributed by atoms with van der Waals surface area (Å²) in [4.78, 5) is 31.4. The second-order valence-electron chi connectivity index (χ2n) is 25.2. The second kappa shape index (κ2) is 27.5. The Kier molecular flexibility index (Phi) is 21.9. The fourth-order valence-electron chi connectivity index (χ4n) is 11.1. The molecule has 1 heterocycles. The lowest BCUT2D eigenvalue weighted by Crippen LogP contribution is -2.32. The Balaban J connectivity index is 1.82. The number of nitrogens with one attached hydrogen (secondary N) is 4. The Labute approximate surface area is 501 Å². The average molecular weight is 1210 g/mol. The zero-order chi connectivity index (χ0) is 62.4. The molecule has 0 spiro atoms. The van der Waals surface area contributed by atoms with Crippen LogP contribution in [0.5, 0.6) is 0 Å². The predicted molar refractivity (Wildman–Crippen MR) is 343 cm³/mol. The molecule has 0 aromatic heterocycles. The molecule has 16 nitrogen and oxygen atoms in total. The summed E-state index contributed by atoms with van der Waals surface area (Å²) in [5, 5.41) is 9.97. The van der Waals surface area contributed by atoms with E-state index in [4.69, 9.17) is 9.41 Å². The first-order chi connectivity index (χ1) is 39.2. The van der Waals surface area contributed by atoms with Crippen LogP contribution in [0.25, 0.3) is 33.4 Å². The molecule has 2 amide bonds. The number of carbonyl (C=O) groups excluding carboxylic acids is 2. The van der Waals surface area contributed by atoms with Crippen LogP contribution in [0.3, 0.4) is 0 Å². The van der Waals surface area contributed by atoms with Crippen molar-refractivity contribution in [1.29, 1.82) is 0 Å². The van der Waals surface area contributed by atoms with Crippen LogP contribution in [-0.2, 0) is 40.6 Å². The number of carbonyl (C=O) groups is 2. The van der Waals surface area contributed by atoms with E-state index in [-0.39, 0.29) is 110 Å². The van der Waals surface area contributed by atoms with Crippen molar-refractivity contribution in [1.82, 2.24) is 4.72 Å². The van der Waals surface area contributed by atoms with E-state index >= 15 is 8.42 Å². The minimum atomic E-state index is -4.98.